The normalized spacial score (nSPS) is 11.2. The van der Waals surface area contributed by atoms with Gasteiger partial charge in [-0.2, -0.15) is 0 Å². The number of pyridine rings is 2. The summed E-state index contributed by atoms with van der Waals surface area (Å²) in [6, 6.07) is 19.1. The molecule has 0 bridgehead atoms. The van der Waals surface area contributed by atoms with Crippen molar-refractivity contribution in [3.63, 3.8) is 0 Å². The molecule has 0 atom stereocenters. The zero-order chi connectivity index (χ0) is 20.3. The van der Waals surface area contributed by atoms with E-state index in [0.29, 0.717) is 22.4 Å². The molecule has 4 rings (SSSR count). The number of benzene rings is 2. The van der Waals surface area contributed by atoms with Gasteiger partial charge < -0.3 is 4.74 Å². The lowest BCUT2D eigenvalue weighted by Crippen LogP contribution is -2.07. The van der Waals surface area contributed by atoms with Crippen LogP contribution in [0.25, 0.3) is 22.3 Å². The molecule has 144 valence electrons. The minimum atomic E-state index is -3.85. The predicted octanol–water partition coefficient (Wildman–Crippen LogP) is 4.65. The Labute approximate surface area is 169 Å². The summed E-state index contributed by atoms with van der Waals surface area (Å²) in [6.45, 7) is 0. The van der Waals surface area contributed by atoms with E-state index in [4.69, 9.17) is 4.74 Å². The number of hydrogen-bond donors (Lipinski definition) is 0. The molecule has 0 aliphatic rings. The third-order valence-corrected chi connectivity index (χ3v) is 6.48. The molecule has 6 heteroatoms. The van der Waals surface area contributed by atoms with Gasteiger partial charge in [0, 0.05) is 35.9 Å². The van der Waals surface area contributed by atoms with E-state index in [0.717, 1.165) is 5.56 Å². The lowest BCUT2D eigenvalue weighted by atomic mass is 9.99. The first-order valence-corrected chi connectivity index (χ1v) is 10.4. The van der Waals surface area contributed by atoms with Gasteiger partial charge in [-0.1, -0.05) is 18.2 Å². The van der Waals surface area contributed by atoms with Gasteiger partial charge in [0.05, 0.1) is 16.9 Å². The first-order valence-electron chi connectivity index (χ1n) is 8.95. The topological polar surface area (TPSA) is 69.2 Å². The van der Waals surface area contributed by atoms with Crippen LogP contribution in [0.4, 0.5) is 0 Å². The summed E-state index contributed by atoms with van der Waals surface area (Å²) in [7, 11) is -2.32. The third kappa shape index (κ3) is 3.50. The molecule has 29 heavy (non-hydrogen) atoms. The highest BCUT2D eigenvalue weighted by molar-refractivity contribution is 7.91. The van der Waals surface area contributed by atoms with Crippen molar-refractivity contribution in [2.45, 2.75) is 9.79 Å². The Bertz CT molecular complexity index is 1230. The summed E-state index contributed by atoms with van der Waals surface area (Å²) < 4.78 is 33.2. The summed E-state index contributed by atoms with van der Waals surface area (Å²) >= 11 is 0. The largest absolute Gasteiger partial charge is 0.496 e. The van der Waals surface area contributed by atoms with E-state index in [1.165, 1.54) is 7.11 Å². The minimum Gasteiger partial charge on any atom is -0.496 e. The van der Waals surface area contributed by atoms with E-state index >= 15 is 0 Å². The summed E-state index contributed by atoms with van der Waals surface area (Å²) in [5, 5.41) is 0. The van der Waals surface area contributed by atoms with Crippen LogP contribution in [0.15, 0.2) is 101 Å². The Morgan fingerprint density at radius 3 is 1.90 bits per heavy atom. The van der Waals surface area contributed by atoms with Gasteiger partial charge in [-0.05, 0) is 59.7 Å². The fraction of sp³-hybridized carbons (Fsp3) is 0.0435. The molecule has 0 saturated carbocycles. The standard InChI is InChI=1S/C23H18N2O3S/c1-28-21-8-7-20(17-9-13-24-14-10-17)23(22(21)18-11-15-25-16-12-18)29(26,27)19-5-3-2-4-6-19/h2-16H,1H3. The second-order valence-electron chi connectivity index (χ2n) is 6.31. The van der Waals surface area contributed by atoms with Crippen molar-refractivity contribution in [2.75, 3.05) is 7.11 Å². The van der Waals surface area contributed by atoms with Crippen LogP contribution in [0.5, 0.6) is 5.75 Å². The Morgan fingerprint density at radius 2 is 1.31 bits per heavy atom. The van der Waals surface area contributed by atoms with Crippen molar-refractivity contribution in [1.82, 2.24) is 9.97 Å². The zero-order valence-electron chi connectivity index (χ0n) is 15.7. The van der Waals surface area contributed by atoms with Gasteiger partial charge in [0.15, 0.2) is 0 Å². The molecule has 0 radical (unpaired) electrons. The second kappa shape index (κ2) is 7.85. The number of hydrogen-bond acceptors (Lipinski definition) is 5. The number of sulfone groups is 1. The van der Waals surface area contributed by atoms with E-state index in [2.05, 4.69) is 9.97 Å². The highest BCUT2D eigenvalue weighted by atomic mass is 32.2. The maximum atomic E-state index is 13.8. The minimum absolute atomic E-state index is 0.195. The van der Waals surface area contributed by atoms with Crippen LogP contribution in [0.2, 0.25) is 0 Å². The summed E-state index contributed by atoms with van der Waals surface area (Å²) in [6.07, 6.45) is 6.55. The summed E-state index contributed by atoms with van der Waals surface area (Å²) in [4.78, 5) is 8.53. The molecule has 0 N–H and O–H groups in total. The third-order valence-electron chi connectivity index (χ3n) is 4.62. The van der Waals surface area contributed by atoms with E-state index < -0.39 is 9.84 Å². The van der Waals surface area contributed by atoms with Crippen LogP contribution in [-0.2, 0) is 9.84 Å². The number of rotatable bonds is 5. The molecular weight excluding hydrogens is 384 g/mol. The van der Waals surface area contributed by atoms with Crippen molar-refractivity contribution < 1.29 is 13.2 Å². The predicted molar refractivity (Wildman–Crippen MR) is 111 cm³/mol. The molecule has 2 aromatic carbocycles. The molecule has 0 unspecified atom stereocenters. The average molecular weight is 402 g/mol. The smallest absolute Gasteiger partial charge is 0.207 e. The van der Waals surface area contributed by atoms with Crippen LogP contribution in [0.1, 0.15) is 0 Å². The first kappa shape index (κ1) is 18.8. The quantitative estimate of drug-likeness (QED) is 0.486. The fourth-order valence-corrected chi connectivity index (χ4v) is 5.00. The van der Waals surface area contributed by atoms with Crippen molar-refractivity contribution in [1.29, 1.82) is 0 Å². The van der Waals surface area contributed by atoms with Gasteiger partial charge in [-0.25, -0.2) is 8.42 Å². The molecule has 0 aliphatic heterocycles. The SMILES string of the molecule is COc1ccc(-c2ccncc2)c(S(=O)(=O)c2ccccc2)c1-c1ccncc1. The van der Waals surface area contributed by atoms with E-state index in [9.17, 15) is 8.42 Å². The molecule has 0 spiro atoms. The van der Waals surface area contributed by atoms with Crippen molar-refractivity contribution in [3.05, 3.63) is 91.5 Å². The molecule has 2 aromatic heterocycles. The van der Waals surface area contributed by atoms with Crippen molar-refractivity contribution in [2.24, 2.45) is 0 Å². The van der Waals surface area contributed by atoms with Crippen molar-refractivity contribution in [3.8, 4) is 28.0 Å². The first-order chi connectivity index (χ1) is 14.1. The van der Waals surface area contributed by atoms with Gasteiger partial charge in [-0.3, -0.25) is 9.97 Å². The monoisotopic (exact) mass is 402 g/mol. The summed E-state index contributed by atoms with van der Waals surface area (Å²) in [5.74, 6) is 0.475. The van der Waals surface area contributed by atoms with E-state index in [1.807, 2.05) is 0 Å². The van der Waals surface area contributed by atoms with Gasteiger partial charge in [0.2, 0.25) is 9.84 Å². The molecule has 0 amide bonds. The van der Waals surface area contributed by atoms with Crippen LogP contribution in [0.3, 0.4) is 0 Å². The Balaban J connectivity index is 2.13. The average Bonchev–Trinajstić information content (AvgIpc) is 2.79. The van der Waals surface area contributed by atoms with Crippen LogP contribution >= 0.6 is 0 Å². The maximum absolute atomic E-state index is 13.8. The molecule has 5 nitrogen and oxygen atoms in total. The highest BCUT2D eigenvalue weighted by Gasteiger charge is 2.28. The number of aromatic nitrogens is 2. The molecule has 2 heterocycles. The van der Waals surface area contributed by atoms with Gasteiger partial charge >= 0.3 is 0 Å². The molecule has 0 aliphatic carbocycles. The van der Waals surface area contributed by atoms with E-state index in [1.54, 1.807) is 91.5 Å². The van der Waals surface area contributed by atoms with Crippen molar-refractivity contribution >= 4 is 9.84 Å². The van der Waals surface area contributed by atoms with Crippen LogP contribution in [-0.4, -0.2) is 25.5 Å². The molecule has 0 saturated heterocycles. The zero-order valence-corrected chi connectivity index (χ0v) is 16.5. The fourth-order valence-electron chi connectivity index (χ4n) is 3.28. The molecule has 4 aromatic rings. The Hall–Kier alpha value is -3.51. The second-order valence-corrected chi connectivity index (χ2v) is 8.19. The van der Waals surface area contributed by atoms with Gasteiger partial charge in [0.25, 0.3) is 0 Å². The number of ether oxygens (including phenoxy) is 1. The molecular formula is C23H18N2O3S. The van der Waals surface area contributed by atoms with Gasteiger partial charge in [-0.15, -0.1) is 0 Å². The Kier molecular flexibility index (Phi) is 5.10. The summed E-state index contributed by atoms with van der Waals surface area (Å²) in [5.41, 5.74) is 2.56. The Morgan fingerprint density at radius 1 is 0.724 bits per heavy atom. The molecule has 0 fully saturated rings. The van der Waals surface area contributed by atoms with Crippen LogP contribution < -0.4 is 4.74 Å². The lowest BCUT2D eigenvalue weighted by Gasteiger charge is -2.19. The van der Waals surface area contributed by atoms with E-state index in [-0.39, 0.29) is 9.79 Å². The van der Waals surface area contributed by atoms with Gasteiger partial charge in [0.1, 0.15) is 5.75 Å². The van der Waals surface area contributed by atoms with Crippen LogP contribution in [0, 0.1) is 0 Å². The highest BCUT2D eigenvalue weighted by Crippen LogP contribution is 2.43. The maximum Gasteiger partial charge on any atom is 0.207 e. The number of nitrogens with zero attached hydrogens (tertiary/aromatic N) is 2. The lowest BCUT2D eigenvalue weighted by molar-refractivity contribution is 0.415. The number of methoxy groups -OCH3 is 1.